The molecule has 0 amide bonds. The van der Waals surface area contributed by atoms with Crippen LogP contribution in [0.1, 0.15) is 33.4 Å². The van der Waals surface area contributed by atoms with E-state index in [1.807, 2.05) is 0 Å². The third kappa shape index (κ3) is 3.65. The summed E-state index contributed by atoms with van der Waals surface area (Å²) in [6.07, 6.45) is 0. The molecule has 34 heavy (non-hydrogen) atoms. The van der Waals surface area contributed by atoms with Gasteiger partial charge in [0.05, 0.1) is 52.9 Å². The van der Waals surface area contributed by atoms with E-state index in [-0.39, 0.29) is 0 Å². The Hall–Kier alpha value is -2.06. The van der Waals surface area contributed by atoms with Gasteiger partial charge in [-0.2, -0.15) is 0 Å². The van der Waals surface area contributed by atoms with E-state index in [0.717, 1.165) is 78.9 Å². The summed E-state index contributed by atoms with van der Waals surface area (Å²) >= 11 is 0. The van der Waals surface area contributed by atoms with Crippen molar-refractivity contribution in [3.63, 3.8) is 0 Å². The summed E-state index contributed by atoms with van der Waals surface area (Å²) in [7, 11) is 0. The summed E-state index contributed by atoms with van der Waals surface area (Å²) in [4.78, 5) is 5.02. The quantitative estimate of drug-likeness (QED) is 0.553. The van der Waals surface area contributed by atoms with E-state index < -0.39 is 0 Å². The first-order valence-corrected chi connectivity index (χ1v) is 12.6. The lowest BCUT2D eigenvalue weighted by Crippen LogP contribution is -2.36. The molecule has 0 spiro atoms. The van der Waals surface area contributed by atoms with E-state index in [9.17, 15) is 0 Å². The van der Waals surface area contributed by atoms with Crippen molar-refractivity contribution in [3.05, 3.63) is 57.6 Å². The van der Waals surface area contributed by atoms with Gasteiger partial charge in [0, 0.05) is 39.3 Å². The lowest BCUT2D eigenvalue weighted by molar-refractivity contribution is 0.0338. The van der Waals surface area contributed by atoms with Crippen LogP contribution in [0.3, 0.4) is 0 Å². The second-order valence-corrected chi connectivity index (χ2v) is 10.0. The van der Waals surface area contributed by atoms with Crippen molar-refractivity contribution in [3.8, 4) is 0 Å². The minimum atomic E-state index is 0.701. The lowest BCUT2D eigenvalue weighted by atomic mass is 9.87. The van der Waals surface area contributed by atoms with Gasteiger partial charge in [0.25, 0.3) is 0 Å². The summed E-state index contributed by atoms with van der Waals surface area (Å²) in [5, 5.41) is 5.43. The van der Waals surface area contributed by atoms with E-state index in [2.05, 4.69) is 34.1 Å². The zero-order valence-electron chi connectivity index (χ0n) is 19.7. The average Bonchev–Trinajstić information content (AvgIpc) is 3.56. The van der Waals surface area contributed by atoms with Crippen LogP contribution < -0.4 is 0 Å². The van der Waals surface area contributed by atoms with Gasteiger partial charge < -0.3 is 18.9 Å². The van der Waals surface area contributed by atoms with E-state index >= 15 is 0 Å². The van der Waals surface area contributed by atoms with Crippen LogP contribution in [0.25, 0.3) is 21.5 Å². The number of hydrogen-bond donors (Lipinski definition) is 0. The molecular formula is C28H32N2O4. The zero-order valence-corrected chi connectivity index (χ0v) is 19.7. The van der Waals surface area contributed by atoms with Gasteiger partial charge in [0.1, 0.15) is 0 Å². The third-order valence-electron chi connectivity index (χ3n) is 8.02. The molecule has 2 saturated heterocycles. The summed E-state index contributed by atoms with van der Waals surface area (Å²) in [6, 6.07) is 9.47. The predicted molar refractivity (Wildman–Crippen MR) is 131 cm³/mol. The van der Waals surface area contributed by atoms with Crippen molar-refractivity contribution < 1.29 is 18.9 Å². The second-order valence-electron chi connectivity index (χ2n) is 10.0. The third-order valence-corrected chi connectivity index (χ3v) is 8.02. The van der Waals surface area contributed by atoms with Gasteiger partial charge in [-0.25, -0.2) is 0 Å². The highest BCUT2D eigenvalue weighted by molar-refractivity contribution is 6.12. The summed E-state index contributed by atoms with van der Waals surface area (Å²) in [6.45, 7) is 12.1. The van der Waals surface area contributed by atoms with Crippen molar-refractivity contribution in [1.82, 2.24) is 9.80 Å². The molecule has 0 saturated carbocycles. The molecule has 0 atom stereocenters. The SMILES string of the molecule is c1cc2cc(CN3CCOCC3)c3c(c2c2c4c(c(CN5CCOCC5)cc12)COC4)COC3. The Kier molecular flexibility index (Phi) is 5.54. The Labute approximate surface area is 200 Å². The van der Waals surface area contributed by atoms with Crippen molar-refractivity contribution in [2.45, 2.75) is 39.5 Å². The minimum Gasteiger partial charge on any atom is -0.379 e. The van der Waals surface area contributed by atoms with E-state index in [1.54, 1.807) is 0 Å². The van der Waals surface area contributed by atoms with Gasteiger partial charge in [0.2, 0.25) is 0 Å². The Balaban J connectivity index is 1.36. The van der Waals surface area contributed by atoms with Crippen LogP contribution in [0.2, 0.25) is 0 Å². The smallest absolute Gasteiger partial charge is 0.0731 e. The normalized spacial score (nSPS) is 21.4. The topological polar surface area (TPSA) is 43.4 Å². The largest absolute Gasteiger partial charge is 0.379 e. The summed E-state index contributed by atoms with van der Waals surface area (Å²) < 4.78 is 23.2. The zero-order chi connectivity index (χ0) is 22.5. The van der Waals surface area contributed by atoms with Crippen LogP contribution >= 0.6 is 0 Å². The number of ether oxygens (including phenoxy) is 4. The molecule has 0 radical (unpaired) electrons. The summed E-state index contributed by atoms with van der Waals surface area (Å²) in [5.41, 5.74) is 8.41. The number of fused-ring (bicyclic) bond motifs is 7. The fourth-order valence-electron chi connectivity index (χ4n) is 6.24. The highest BCUT2D eigenvalue weighted by atomic mass is 16.5. The Morgan fingerprint density at radius 2 is 0.941 bits per heavy atom. The fourth-order valence-corrected chi connectivity index (χ4v) is 6.24. The van der Waals surface area contributed by atoms with E-state index in [4.69, 9.17) is 18.9 Å². The minimum absolute atomic E-state index is 0.701. The monoisotopic (exact) mass is 460 g/mol. The first-order valence-electron chi connectivity index (χ1n) is 12.6. The average molecular weight is 461 g/mol. The van der Waals surface area contributed by atoms with Crippen LogP contribution in [0.15, 0.2) is 24.3 Å². The summed E-state index contributed by atoms with van der Waals surface area (Å²) in [5.74, 6) is 0. The predicted octanol–water partition coefficient (Wildman–Crippen LogP) is 3.72. The molecule has 3 aromatic carbocycles. The van der Waals surface area contributed by atoms with Crippen molar-refractivity contribution in [2.75, 3.05) is 52.6 Å². The van der Waals surface area contributed by atoms with Gasteiger partial charge in [-0.05, 0) is 67.1 Å². The molecule has 7 rings (SSSR count). The first-order chi connectivity index (χ1) is 16.8. The molecular weight excluding hydrogens is 428 g/mol. The van der Waals surface area contributed by atoms with Crippen LogP contribution in [-0.4, -0.2) is 62.4 Å². The molecule has 4 heterocycles. The van der Waals surface area contributed by atoms with Gasteiger partial charge in [-0.1, -0.05) is 12.1 Å². The molecule has 4 aliphatic heterocycles. The van der Waals surface area contributed by atoms with E-state index in [0.29, 0.717) is 13.2 Å². The molecule has 0 aliphatic carbocycles. The maximum absolute atomic E-state index is 6.05. The molecule has 4 aliphatic rings. The van der Waals surface area contributed by atoms with Crippen LogP contribution in [0.5, 0.6) is 0 Å². The molecule has 3 aromatic rings. The van der Waals surface area contributed by atoms with Crippen molar-refractivity contribution in [1.29, 1.82) is 0 Å². The van der Waals surface area contributed by atoms with Gasteiger partial charge in [-0.15, -0.1) is 0 Å². The van der Waals surface area contributed by atoms with Crippen LogP contribution in [0.4, 0.5) is 0 Å². The standard InChI is InChI=1S/C28H32N2O4/c1-2-20-12-22(14-30-5-9-32-10-6-30)24-16-34-18-26(24)28(20)27-19(1)11-21(23-15-33-17-25(23)27)13-29-3-7-31-8-4-29/h1-2,11-12H,3-10,13-18H2. The number of nitrogens with zero attached hydrogens (tertiary/aromatic N) is 2. The molecule has 0 unspecified atom stereocenters. The molecule has 6 nitrogen and oxygen atoms in total. The highest BCUT2D eigenvalue weighted by Crippen LogP contribution is 2.41. The Morgan fingerprint density at radius 3 is 1.38 bits per heavy atom. The maximum atomic E-state index is 6.05. The van der Waals surface area contributed by atoms with E-state index in [1.165, 1.54) is 54.9 Å². The van der Waals surface area contributed by atoms with Crippen molar-refractivity contribution >= 4 is 21.5 Å². The van der Waals surface area contributed by atoms with Crippen LogP contribution in [-0.2, 0) is 58.5 Å². The lowest BCUT2D eigenvalue weighted by Gasteiger charge is -2.28. The Bertz CT molecular complexity index is 1150. The molecule has 178 valence electrons. The molecule has 6 heteroatoms. The van der Waals surface area contributed by atoms with Crippen LogP contribution in [0, 0.1) is 0 Å². The number of hydrogen-bond acceptors (Lipinski definition) is 6. The van der Waals surface area contributed by atoms with Gasteiger partial charge >= 0.3 is 0 Å². The Morgan fingerprint density at radius 1 is 0.529 bits per heavy atom. The first kappa shape index (κ1) is 21.2. The maximum Gasteiger partial charge on any atom is 0.0731 e. The number of rotatable bonds is 4. The second kappa shape index (κ2) is 8.86. The molecule has 0 aromatic heterocycles. The van der Waals surface area contributed by atoms with Gasteiger partial charge in [0.15, 0.2) is 0 Å². The van der Waals surface area contributed by atoms with Gasteiger partial charge in [-0.3, -0.25) is 9.80 Å². The fraction of sp³-hybridized carbons (Fsp3) is 0.500. The number of morpholine rings is 2. The van der Waals surface area contributed by atoms with Crippen molar-refractivity contribution in [2.24, 2.45) is 0 Å². The highest BCUT2D eigenvalue weighted by Gasteiger charge is 2.26. The molecule has 0 N–H and O–H groups in total. The number of benzene rings is 3. The molecule has 0 bridgehead atoms. The molecule has 2 fully saturated rings.